The van der Waals surface area contributed by atoms with Crippen molar-refractivity contribution in [1.29, 1.82) is 0 Å². The Morgan fingerprint density at radius 3 is 3.11 bits per heavy atom. The van der Waals surface area contributed by atoms with E-state index in [4.69, 9.17) is 13.9 Å². The summed E-state index contributed by atoms with van der Waals surface area (Å²) in [4.78, 5) is 11.3. The highest BCUT2D eigenvalue weighted by Gasteiger charge is 2.21. The third-order valence-corrected chi connectivity index (χ3v) is 3.64. The lowest BCUT2D eigenvalue weighted by Crippen LogP contribution is -2.02. The number of halogens is 1. The van der Waals surface area contributed by atoms with Crippen LogP contribution in [0.4, 0.5) is 0 Å². The van der Waals surface area contributed by atoms with Crippen LogP contribution in [0.2, 0.25) is 0 Å². The zero-order chi connectivity index (χ0) is 13.2. The Hall–Kier alpha value is -1.49. The van der Waals surface area contributed by atoms with Crippen LogP contribution < -0.4 is 15.1 Å². The minimum atomic E-state index is -0.364. The average Bonchev–Trinajstić information content (AvgIpc) is 2.85. The van der Waals surface area contributed by atoms with Gasteiger partial charge in [0.2, 0.25) is 0 Å². The van der Waals surface area contributed by atoms with Crippen LogP contribution in [-0.2, 0) is 6.42 Å². The van der Waals surface area contributed by atoms with Crippen LogP contribution in [0.5, 0.6) is 11.5 Å². The molecule has 1 aromatic carbocycles. The van der Waals surface area contributed by atoms with Crippen molar-refractivity contribution >= 4 is 26.9 Å². The molecule has 2 aromatic rings. The van der Waals surface area contributed by atoms with Gasteiger partial charge in [0.15, 0.2) is 0 Å². The quantitative estimate of drug-likeness (QED) is 0.493. The maximum Gasteiger partial charge on any atom is 0.336 e. The van der Waals surface area contributed by atoms with E-state index in [0.717, 1.165) is 40.6 Å². The first kappa shape index (κ1) is 12.5. The molecular formula is C14H13BrO4. The highest BCUT2D eigenvalue weighted by atomic mass is 79.9. The molecule has 19 heavy (non-hydrogen) atoms. The number of alkyl halides is 1. The molecule has 0 radical (unpaired) electrons. The van der Waals surface area contributed by atoms with Gasteiger partial charge in [0.05, 0.1) is 18.6 Å². The standard InChI is InChI=1S/C14H13BrO4/c15-5-1-6-18-14-9-2-3-13(16)19-12(9)8-11-10(14)4-7-17-11/h2-3,8H,1,4-7H2. The molecular weight excluding hydrogens is 312 g/mol. The topological polar surface area (TPSA) is 48.7 Å². The molecule has 0 bridgehead atoms. The van der Waals surface area contributed by atoms with E-state index >= 15 is 0 Å². The predicted molar refractivity (Wildman–Crippen MR) is 75.6 cm³/mol. The number of fused-ring (bicyclic) bond motifs is 2. The molecule has 3 rings (SSSR count). The molecule has 0 atom stereocenters. The molecule has 4 nitrogen and oxygen atoms in total. The molecule has 0 spiro atoms. The fraction of sp³-hybridized carbons (Fsp3) is 0.357. The van der Waals surface area contributed by atoms with Crippen LogP contribution in [0, 0.1) is 0 Å². The molecule has 2 heterocycles. The van der Waals surface area contributed by atoms with Gasteiger partial charge < -0.3 is 13.9 Å². The molecule has 1 aromatic heterocycles. The smallest absolute Gasteiger partial charge is 0.336 e. The Morgan fingerprint density at radius 1 is 1.37 bits per heavy atom. The zero-order valence-corrected chi connectivity index (χ0v) is 11.9. The lowest BCUT2D eigenvalue weighted by molar-refractivity contribution is 0.320. The monoisotopic (exact) mass is 324 g/mol. The van der Waals surface area contributed by atoms with E-state index in [0.29, 0.717) is 18.8 Å². The Kier molecular flexibility index (Phi) is 3.46. The molecule has 0 amide bonds. The number of hydrogen-bond acceptors (Lipinski definition) is 4. The molecule has 100 valence electrons. The van der Waals surface area contributed by atoms with Gasteiger partial charge in [-0.05, 0) is 12.5 Å². The van der Waals surface area contributed by atoms with Crippen LogP contribution in [0.25, 0.3) is 11.0 Å². The SMILES string of the molecule is O=c1ccc2c(OCCCBr)c3c(cc2o1)OCC3. The Balaban J connectivity index is 2.12. The molecule has 0 saturated carbocycles. The summed E-state index contributed by atoms with van der Waals surface area (Å²) in [5.41, 5.74) is 1.22. The summed E-state index contributed by atoms with van der Waals surface area (Å²) in [6, 6.07) is 4.95. The molecule has 1 aliphatic heterocycles. The first-order valence-electron chi connectivity index (χ1n) is 6.21. The fourth-order valence-electron chi connectivity index (χ4n) is 2.23. The van der Waals surface area contributed by atoms with E-state index in [1.54, 1.807) is 12.1 Å². The summed E-state index contributed by atoms with van der Waals surface area (Å²) in [7, 11) is 0. The molecule has 0 aliphatic carbocycles. The summed E-state index contributed by atoms with van der Waals surface area (Å²) in [6.45, 7) is 1.26. The summed E-state index contributed by atoms with van der Waals surface area (Å²) < 4.78 is 16.6. The van der Waals surface area contributed by atoms with Gasteiger partial charge in [-0.3, -0.25) is 0 Å². The minimum Gasteiger partial charge on any atom is -0.493 e. The van der Waals surface area contributed by atoms with Crippen molar-refractivity contribution in [2.24, 2.45) is 0 Å². The lowest BCUT2D eigenvalue weighted by atomic mass is 10.1. The van der Waals surface area contributed by atoms with Gasteiger partial charge in [-0.2, -0.15) is 0 Å². The molecule has 1 aliphatic rings. The second kappa shape index (κ2) is 5.25. The normalized spacial score (nSPS) is 13.3. The Morgan fingerprint density at radius 2 is 2.26 bits per heavy atom. The third-order valence-electron chi connectivity index (χ3n) is 3.07. The maximum absolute atomic E-state index is 11.3. The van der Waals surface area contributed by atoms with Crippen LogP contribution in [0.15, 0.2) is 27.4 Å². The van der Waals surface area contributed by atoms with Gasteiger partial charge in [-0.1, -0.05) is 15.9 Å². The first-order chi connectivity index (χ1) is 9.29. The second-order valence-electron chi connectivity index (χ2n) is 4.34. The van der Waals surface area contributed by atoms with Gasteiger partial charge in [-0.15, -0.1) is 0 Å². The van der Waals surface area contributed by atoms with Crippen molar-refractivity contribution in [2.45, 2.75) is 12.8 Å². The second-order valence-corrected chi connectivity index (χ2v) is 5.13. The number of benzene rings is 1. The van der Waals surface area contributed by atoms with Gasteiger partial charge in [-0.25, -0.2) is 4.79 Å². The van der Waals surface area contributed by atoms with Crippen molar-refractivity contribution in [3.05, 3.63) is 34.2 Å². The summed E-state index contributed by atoms with van der Waals surface area (Å²) >= 11 is 3.38. The van der Waals surface area contributed by atoms with Gasteiger partial charge in [0.1, 0.15) is 17.1 Å². The van der Waals surface area contributed by atoms with Crippen molar-refractivity contribution in [3.8, 4) is 11.5 Å². The van der Waals surface area contributed by atoms with Crippen LogP contribution in [0.3, 0.4) is 0 Å². The number of rotatable bonds is 4. The molecule has 0 N–H and O–H groups in total. The highest BCUT2D eigenvalue weighted by Crippen LogP contribution is 2.39. The van der Waals surface area contributed by atoms with Crippen LogP contribution in [-0.4, -0.2) is 18.5 Å². The van der Waals surface area contributed by atoms with Crippen LogP contribution in [0.1, 0.15) is 12.0 Å². The molecule has 0 saturated heterocycles. The van der Waals surface area contributed by atoms with E-state index in [1.165, 1.54) is 6.07 Å². The largest absolute Gasteiger partial charge is 0.493 e. The Labute approximate surface area is 118 Å². The number of hydrogen-bond donors (Lipinski definition) is 0. The Bertz CT molecular complexity index is 662. The summed E-state index contributed by atoms with van der Waals surface area (Å²) in [6.07, 6.45) is 1.75. The molecule has 0 fully saturated rings. The number of ether oxygens (including phenoxy) is 2. The summed E-state index contributed by atoms with van der Waals surface area (Å²) in [5, 5.41) is 1.73. The van der Waals surface area contributed by atoms with E-state index in [2.05, 4.69) is 15.9 Å². The first-order valence-corrected chi connectivity index (χ1v) is 7.33. The minimum absolute atomic E-state index is 0.364. The summed E-state index contributed by atoms with van der Waals surface area (Å²) in [5.74, 6) is 1.55. The predicted octanol–water partition coefficient (Wildman–Crippen LogP) is 2.89. The van der Waals surface area contributed by atoms with Crippen LogP contribution >= 0.6 is 15.9 Å². The van der Waals surface area contributed by atoms with Crippen molar-refractivity contribution in [1.82, 2.24) is 0 Å². The molecule has 0 unspecified atom stereocenters. The van der Waals surface area contributed by atoms with Gasteiger partial charge >= 0.3 is 5.63 Å². The van der Waals surface area contributed by atoms with E-state index in [9.17, 15) is 4.79 Å². The fourth-order valence-corrected chi connectivity index (χ4v) is 2.46. The van der Waals surface area contributed by atoms with Gasteiger partial charge in [0, 0.05) is 29.4 Å². The third kappa shape index (κ3) is 2.34. The average molecular weight is 325 g/mol. The van der Waals surface area contributed by atoms with Gasteiger partial charge in [0.25, 0.3) is 0 Å². The van der Waals surface area contributed by atoms with Crippen molar-refractivity contribution < 1.29 is 13.9 Å². The van der Waals surface area contributed by atoms with E-state index in [-0.39, 0.29) is 5.63 Å². The zero-order valence-electron chi connectivity index (χ0n) is 10.3. The lowest BCUT2D eigenvalue weighted by Gasteiger charge is -2.12. The maximum atomic E-state index is 11.3. The highest BCUT2D eigenvalue weighted by molar-refractivity contribution is 9.09. The van der Waals surface area contributed by atoms with E-state index < -0.39 is 0 Å². The van der Waals surface area contributed by atoms with Crippen molar-refractivity contribution in [3.63, 3.8) is 0 Å². The van der Waals surface area contributed by atoms with E-state index in [1.807, 2.05) is 0 Å². The van der Waals surface area contributed by atoms with Crippen molar-refractivity contribution in [2.75, 3.05) is 18.5 Å². The molecule has 5 heteroatoms.